The zero-order valence-corrected chi connectivity index (χ0v) is 8.91. The van der Waals surface area contributed by atoms with Gasteiger partial charge in [0.1, 0.15) is 0 Å². The Hall–Kier alpha value is -0.960. The van der Waals surface area contributed by atoms with Gasteiger partial charge in [-0.2, -0.15) is 0 Å². The smallest absolute Gasteiger partial charge is 0.179 e. The number of nitrogens with zero attached hydrogens (tertiary/aromatic N) is 1. The van der Waals surface area contributed by atoms with E-state index in [1.807, 2.05) is 12.1 Å². The van der Waals surface area contributed by atoms with Gasteiger partial charge >= 0.3 is 0 Å². The molecule has 0 spiro atoms. The maximum absolute atomic E-state index is 5.12. The van der Waals surface area contributed by atoms with E-state index in [2.05, 4.69) is 46.1 Å². The van der Waals surface area contributed by atoms with E-state index in [9.17, 15) is 0 Å². The van der Waals surface area contributed by atoms with Crippen molar-refractivity contribution < 1.29 is 3.83 Å². The third-order valence-electron chi connectivity index (χ3n) is 2.18. The number of aryl methyl sites for hydroxylation is 1. The van der Waals surface area contributed by atoms with Crippen LogP contribution in [0.3, 0.4) is 0 Å². The van der Waals surface area contributed by atoms with Gasteiger partial charge in [0.05, 0.1) is 5.52 Å². The Bertz CT molecular complexity index is 422. The van der Waals surface area contributed by atoms with Crippen LogP contribution in [-0.4, -0.2) is 4.57 Å². The van der Waals surface area contributed by atoms with Crippen molar-refractivity contribution in [2.45, 2.75) is 13.5 Å². The van der Waals surface area contributed by atoms with E-state index in [1.165, 1.54) is 5.39 Å². The van der Waals surface area contributed by atoms with Gasteiger partial charge in [-0.05, 0) is 19.1 Å². The molecule has 2 aromatic rings. The highest BCUT2D eigenvalue weighted by molar-refractivity contribution is 9.06. The molecule has 0 atom stereocenters. The maximum Gasteiger partial charge on any atom is 0.179 e. The second-order valence-corrected chi connectivity index (χ2v) is 3.20. The van der Waals surface area contributed by atoms with E-state index in [0.29, 0.717) is 0 Å². The fourth-order valence-corrected chi connectivity index (χ4v) is 1.81. The normalized spacial score (nSPS) is 10.6. The molecule has 2 rings (SSSR count). The highest BCUT2D eigenvalue weighted by Gasteiger charge is 2.05. The lowest BCUT2D eigenvalue weighted by atomic mass is 10.2. The Balaban J connectivity index is 2.76. The highest BCUT2D eigenvalue weighted by atomic mass is 79.9. The molecule has 1 heterocycles. The third kappa shape index (κ3) is 1.33. The second kappa shape index (κ2) is 3.42. The molecule has 0 saturated heterocycles. The Kier molecular flexibility index (Phi) is 2.27. The molecule has 13 heavy (non-hydrogen) atoms. The SMILES string of the molecule is CCn1ccc2cccc(OBr)c21. The van der Waals surface area contributed by atoms with E-state index in [-0.39, 0.29) is 0 Å². The lowest BCUT2D eigenvalue weighted by Gasteiger charge is -2.04. The summed E-state index contributed by atoms with van der Waals surface area (Å²) in [5.41, 5.74) is 1.14. The second-order valence-electron chi connectivity index (χ2n) is 2.87. The van der Waals surface area contributed by atoms with Crippen LogP contribution in [-0.2, 0) is 6.54 Å². The van der Waals surface area contributed by atoms with Gasteiger partial charge in [0.15, 0.2) is 22.0 Å². The van der Waals surface area contributed by atoms with Gasteiger partial charge in [-0.1, -0.05) is 12.1 Å². The summed E-state index contributed by atoms with van der Waals surface area (Å²) in [6.45, 7) is 3.07. The first-order valence-corrected chi connectivity index (χ1v) is 4.88. The Morgan fingerprint density at radius 1 is 1.38 bits per heavy atom. The minimum atomic E-state index is 0.865. The Morgan fingerprint density at radius 2 is 2.23 bits per heavy atom. The predicted molar refractivity (Wildman–Crippen MR) is 57.2 cm³/mol. The molecule has 3 heteroatoms. The summed E-state index contributed by atoms with van der Waals surface area (Å²) in [5, 5.41) is 1.21. The van der Waals surface area contributed by atoms with E-state index >= 15 is 0 Å². The Labute approximate surface area is 85.6 Å². The molecule has 0 radical (unpaired) electrons. The molecule has 0 aliphatic rings. The van der Waals surface area contributed by atoms with Crippen molar-refractivity contribution >= 4 is 27.2 Å². The molecule has 0 fully saturated rings. The standard InChI is InChI=1S/C10H10BrNO/c1-2-12-7-6-8-4-3-5-9(13-11)10(8)12/h3-7H,2H2,1H3. The predicted octanol–water partition coefficient (Wildman–Crippen LogP) is 3.35. The van der Waals surface area contributed by atoms with Crippen LogP contribution in [0.5, 0.6) is 5.75 Å². The maximum atomic E-state index is 5.12. The highest BCUT2D eigenvalue weighted by Crippen LogP contribution is 2.27. The summed E-state index contributed by atoms with van der Waals surface area (Å²) >= 11 is 3.01. The van der Waals surface area contributed by atoms with Crippen molar-refractivity contribution in [3.8, 4) is 5.75 Å². The van der Waals surface area contributed by atoms with Crippen molar-refractivity contribution in [2.24, 2.45) is 0 Å². The number of fused-ring (bicyclic) bond motifs is 1. The summed E-state index contributed by atoms with van der Waals surface area (Å²) in [5.74, 6) is 0.865. The summed E-state index contributed by atoms with van der Waals surface area (Å²) in [7, 11) is 0. The molecule has 0 saturated carbocycles. The van der Waals surface area contributed by atoms with E-state index in [1.54, 1.807) is 0 Å². The minimum absolute atomic E-state index is 0.865. The zero-order chi connectivity index (χ0) is 9.26. The first kappa shape index (κ1) is 8.63. The number of para-hydroxylation sites is 1. The quantitative estimate of drug-likeness (QED) is 0.785. The lowest BCUT2D eigenvalue weighted by Crippen LogP contribution is -1.91. The van der Waals surface area contributed by atoms with Gasteiger partial charge < -0.3 is 8.40 Å². The molecule has 0 bridgehead atoms. The summed E-state index contributed by atoms with van der Waals surface area (Å²) in [6, 6.07) is 8.10. The average Bonchev–Trinajstić information content (AvgIpc) is 2.60. The molecule has 1 aromatic heterocycles. The van der Waals surface area contributed by atoms with Crippen LogP contribution < -0.4 is 3.83 Å². The lowest BCUT2D eigenvalue weighted by molar-refractivity contribution is 0.674. The molecule has 2 nitrogen and oxygen atoms in total. The molecule has 0 unspecified atom stereocenters. The Morgan fingerprint density at radius 3 is 2.92 bits per heavy atom. The van der Waals surface area contributed by atoms with Crippen LogP contribution in [0.1, 0.15) is 6.92 Å². The number of hydrogen-bond acceptors (Lipinski definition) is 1. The number of halogens is 1. The number of hydrogen-bond donors (Lipinski definition) is 0. The molecular weight excluding hydrogens is 230 g/mol. The molecule has 0 amide bonds. The largest absolute Gasteiger partial charge is 0.416 e. The van der Waals surface area contributed by atoms with Crippen LogP contribution in [0.15, 0.2) is 30.5 Å². The van der Waals surface area contributed by atoms with Gasteiger partial charge in [0.2, 0.25) is 0 Å². The van der Waals surface area contributed by atoms with Gasteiger partial charge in [-0.3, -0.25) is 0 Å². The first-order valence-electron chi connectivity index (χ1n) is 4.23. The fraction of sp³-hybridized carbons (Fsp3) is 0.200. The summed E-state index contributed by atoms with van der Waals surface area (Å²) < 4.78 is 7.28. The monoisotopic (exact) mass is 239 g/mol. The number of rotatable bonds is 2. The molecule has 0 N–H and O–H groups in total. The van der Waals surface area contributed by atoms with Crippen molar-refractivity contribution in [1.82, 2.24) is 4.57 Å². The number of benzene rings is 1. The molecule has 1 aromatic carbocycles. The molecular formula is C10H10BrNO. The fourth-order valence-electron chi connectivity index (χ4n) is 1.55. The van der Waals surface area contributed by atoms with E-state index < -0.39 is 0 Å². The van der Waals surface area contributed by atoms with E-state index in [4.69, 9.17) is 3.83 Å². The molecule has 0 aliphatic carbocycles. The third-order valence-corrected chi connectivity index (χ3v) is 2.52. The summed E-state index contributed by atoms with van der Waals surface area (Å²) in [6.07, 6.45) is 2.07. The van der Waals surface area contributed by atoms with Crippen LogP contribution in [0.2, 0.25) is 0 Å². The van der Waals surface area contributed by atoms with Crippen molar-refractivity contribution in [1.29, 1.82) is 0 Å². The van der Waals surface area contributed by atoms with Crippen molar-refractivity contribution in [3.05, 3.63) is 30.5 Å². The number of aromatic nitrogens is 1. The van der Waals surface area contributed by atoms with Gasteiger partial charge in [-0.25, -0.2) is 0 Å². The van der Waals surface area contributed by atoms with E-state index in [0.717, 1.165) is 17.8 Å². The van der Waals surface area contributed by atoms with Crippen LogP contribution in [0, 0.1) is 0 Å². The minimum Gasteiger partial charge on any atom is -0.416 e. The van der Waals surface area contributed by atoms with Crippen LogP contribution in [0.4, 0.5) is 0 Å². The zero-order valence-electron chi connectivity index (χ0n) is 7.33. The molecule has 0 aliphatic heterocycles. The van der Waals surface area contributed by atoms with Crippen molar-refractivity contribution in [2.75, 3.05) is 0 Å². The summed E-state index contributed by atoms with van der Waals surface area (Å²) in [4.78, 5) is 0. The van der Waals surface area contributed by atoms with Gasteiger partial charge in [0.25, 0.3) is 0 Å². The van der Waals surface area contributed by atoms with Gasteiger partial charge in [0, 0.05) is 18.1 Å². The van der Waals surface area contributed by atoms with Gasteiger partial charge in [-0.15, -0.1) is 0 Å². The van der Waals surface area contributed by atoms with Crippen LogP contribution in [0.25, 0.3) is 10.9 Å². The topological polar surface area (TPSA) is 14.2 Å². The molecule has 68 valence electrons. The first-order chi connectivity index (χ1) is 6.36. The van der Waals surface area contributed by atoms with Crippen molar-refractivity contribution in [3.63, 3.8) is 0 Å². The average molecular weight is 240 g/mol. The van der Waals surface area contributed by atoms with Crippen LogP contribution >= 0.6 is 16.3 Å².